The summed E-state index contributed by atoms with van der Waals surface area (Å²) in [5.74, 6) is 1.35. The van der Waals surface area contributed by atoms with Crippen LogP contribution < -0.4 is 4.74 Å². The Morgan fingerprint density at radius 3 is 2.55 bits per heavy atom. The van der Waals surface area contributed by atoms with E-state index in [0.29, 0.717) is 22.5 Å². The monoisotopic (exact) mass is 413 g/mol. The lowest BCUT2D eigenvalue weighted by atomic mass is 10.1. The lowest BCUT2D eigenvalue weighted by Gasteiger charge is -2.25. The summed E-state index contributed by atoms with van der Waals surface area (Å²) in [6.07, 6.45) is 0. The zero-order valence-corrected chi connectivity index (χ0v) is 17.7. The standard InChI is InChI=1S/C22H24ClN3O3/c1-14(2)26(21(27)13-28-19-10-9-18(23)11-16(19)4)12-20-24-22(25-29-20)17-7-5-15(3)6-8-17/h5-11,14H,12-13H2,1-4H3. The minimum absolute atomic E-state index is 0.0489. The van der Waals surface area contributed by atoms with Crippen molar-refractivity contribution in [3.05, 3.63) is 64.5 Å². The molecule has 1 amide bonds. The van der Waals surface area contributed by atoms with Crippen molar-refractivity contribution in [2.45, 2.75) is 40.3 Å². The van der Waals surface area contributed by atoms with Crippen LogP contribution in [0.3, 0.4) is 0 Å². The molecule has 0 aliphatic carbocycles. The number of nitrogens with zero attached hydrogens (tertiary/aromatic N) is 3. The van der Waals surface area contributed by atoms with Crippen LogP contribution in [0.4, 0.5) is 0 Å². The fourth-order valence-corrected chi connectivity index (χ4v) is 3.07. The molecule has 0 atom stereocenters. The zero-order chi connectivity index (χ0) is 21.0. The predicted octanol–water partition coefficient (Wildman–Crippen LogP) is 4.82. The van der Waals surface area contributed by atoms with E-state index in [1.165, 1.54) is 0 Å². The van der Waals surface area contributed by atoms with Crippen molar-refractivity contribution in [2.24, 2.45) is 0 Å². The van der Waals surface area contributed by atoms with E-state index >= 15 is 0 Å². The van der Waals surface area contributed by atoms with E-state index in [4.69, 9.17) is 20.9 Å². The van der Waals surface area contributed by atoms with Gasteiger partial charge in [0.25, 0.3) is 5.91 Å². The quantitative estimate of drug-likeness (QED) is 0.555. The van der Waals surface area contributed by atoms with Crippen LogP contribution in [0, 0.1) is 13.8 Å². The number of benzene rings is 2. The topological polar surface area (TPSA) is 68.5 Å². The minimum Gasteiger partial charge on any atom is -0.483 e. The molecule has 7 heteroatoms. The van der Waals surface area contributed by atoms with E-state index in [1.807, 2.05) is 52.0 Å². The molecule has 2 aromatic carbocycles. The van der Waals surface area contributed by atoms with E-state index in [0.717, 1.165) is 16.7 Å². The summed E-state index contributed by atoms with van der Waals surface area (Å²) >= 11 is 5.96. The SMILES string of the molecule is Cc1ccc(-c2noc(CN(C(=O)COc3ccc(Cl)cc3C)C(C)C)n2)cc1. The van der Waals surface area contributed by atoms with Gasteiger partial charge < -0.3 is 14.2 Å². The summed E-state index contributed by atoms with van der Waals surface area (Å²) in [7, 11) is 0. The number of aryl methyl sites for hydroxylation is 2. The van der Waals surface area contributed by atoms with Gasteiger partial charge in [-0.15, -0.1) is 0 Å². The maximum Gasteiger partial charge on any atom is 0.261 e. The van der Waals surface area contributed by atoms with Crippen LogP contribution in [0.25, 0.3) is 11.4 Å². The van der Waals surface area contributed by atoms with Crippen LogP contribution >= 0.6 is 11.6 Å². The van der Waals surface area contributed by atoms with Gasteiger partial charge in [-0.05, 0) is 51.5 Å². The first kappa shape index (κ1) is 20.9. The Morgan fingerprint density at radius 1 is 1.17 bits per heavy atom. The Bertz CT molecular complexity index is 983. The molecule has 0 aliphatic rings. The molecule has 0 saturated heterocycles. The number of hydrogen-bond acceptors (Lipinski definition) is 5. The van der Waals surface area contributed by atoms with Crippen molar-refractivity contribution in [3.63, 3.8) is 0 Å². The number of halogens is 1. The molecule has 3 rings (SSSR count). The smallest absolute Gasteiger partial charge is 0.261 e. The van der Waals surface area contributed by atoms with Crippen molar-refractivity contribution < 1.29 is 14.1 Å². The van der Waals surface area contributed by atoms with Crippen LogP contribution in [-0.2, 0) is 11.3 Å². The molecule has 0 bridgehead atoms. The minimum atomic E-state index is -0.163. The molecule has 0 spiro atoms. The first-order valence-electron chi connectivity index (χ1n) is 9.41. The van der Waals surface area contributed by atoms with Gasteiger partial charge in [-0.25, -0.2) is 0 Å². The summed E-state index contributed by atoms with van der Waals surface area (Å²) in [5.41, 5.74) is 2.90. The molecule has 1 aromatic heterocycles. The van der Waals surface area contributed by atoms with Gasteiger partial charge in [0.1, 0.15) is 12.3 Å². The molecule has 29 heavy (non-hydrogen) atoms. The van der Waals surface area contributed by atoms with Gasteiger partial charge in [0, 0.05) is 16.6 Å². The molecule has 0 N–H and O–H groups in total. The summed E-state index contributed by atoms with van der Waals surface area (Å²) in [6, 6.07) is 13.1. The van der Waals surface area contributed by atoms with Gasteiger partial charge in [0.15, 0.2) is 6.61 Å². The maximum absolute atomic E-state index is 12.7. The van der Waals surface area contributed by atoms with Crippen LogP contribution in [0.5, 0.6) is 5.75 Å². The Balaban J connectivity index is 1.66. The molecule has 152 valence electrons. The molecule has 0 unspecified atom stereocenters. The lowest BCUT2D eigenvalue weighted by Crippen LogP contribution is -2.39. The molecule has 1 heterocycles. The van der Waals surface area contributed by atoms with Crippen molar-refractivity contribution in [3.8, 4) is 17.1 Å². The third kappa shape index (κ3) is 5.35. The van der Waals surface area contributed by atoms with Crippen molar-refractivity contribution >= 4 is 17.5 Å². The predicted molar refractivity (Wildman–Crippen MR) is 112 cm³/mol. The Kier molecular flexibility index (Phi) is 6.54. The largest absolute Gasteiger partial charge is 0.483 e. The molecule has 0 fully saturated rings. The van der Waals surface area contributed by atoms with Gasteiger partial charge in [0.2, 0.25) is 11.7 Å². The highest BCUT2D eigenvalue weighted by Gasteiger charge is 2.21. The second kappa shape index (κ2) is 9.09. The zero-order valence-electron chi connectivity index (χ0n) is 17.0. The van der Waals surface area contributed by atoms with Gasteiger partial charge in [-0.2, -0.15) is 4.98 Å². The Morgan fingerprint density at radius 2 is 1.90 bits per heavy atom. The van der Waals surface area contributed by atoms with Crippen LogP contribution in [0.1, 0.15) is 30.9 Å². The number of hydrogen-bond donors (Lipinski definition) is 0. The van der Waals surface area contributed by atoms with Gasteiger partial charge in [-0.3, -0.25) is 4.79 Å². The van der Waals surface area contributed by atoms with Gasteiger partial charge in [0.05, 0.1) is 0 Å². The summed E-state index contributed by atoms with van der Waals surface area (Å²) < 4.78 is 11.1. The highest BCUT2D eigenvalue weighted by molar-refractivity contribution is 6.30. The third-order valence-electron chi connectivity index (χ3n) is 4.52. The first-order chi connectivity index (χ1) is 13.8. The summed E-state index contributed by atoms with van der Waals surface area (Å²) in [4.78, 5) is 18.8. The highest BCUT2D eigenvalue weighted by atomic mass is 35.5. The second-order valence-corrected chi connectivity index (χ2v) is 7.63. The van der Waals surface area contributed by atoms with Gasteiger partial charge >= 0.3 is 0 Å². The summed E-state index contributed by atoms with van der Waals surface area (Å²) in [5, 5.41) is 4.66. The molecule has 6 nitrogen and oxygen atoms in total. The molecule has 3 aromatic rings. The average molecular weight is 414 g/mol. The molecule has 0 aliphatic heterocycles. The number of rotatable bonds is 7. The first-order valence-corrected chi connectivity index (χ1v) is 9.79. The highest BCUT2D eigenvalue weighted by Crippen LogP contribution is 2.22. The number of amides is 1. The van der Waals surface area contributed by atoms with E-state index in [-0.39, 0.29) is 25.1 Å². The number of ether oxygens (including phenoxy) is 1. The van der Waals surface area contributed by atoms with Crippen molar-refractivity contribution in [1.29, 1.82) is 0 Å². The fourth-order valence-electron chi connectivity index (χ4n) is 2.84. The fraction of sp³-hybridized carbons (Fsp3) is 0.318. The lowest BCUT2D eigenvalue weighted by molar-refractivity contribution is -0.136. The van der Waals surface area contributed by atoms with Gasteiger partial charge in [-0.1, -0.05) is 46.6 Å². The number of aromatic nitrogens is 2. The number of carbonyl (C=O) groups is 1. The second-order valence-electron chi connectivity index (χ2n) is 7.19. The molecular weight excluding hydrogens is 390 g/mol. The third-order valence-corrected chi connectivity index (χ3v) is 4.75. The Labute approximate surface area is 175 Å². The summed E-state index contributed by atoms with van der Waals surface area (Å²) in [6.45, 7) is 7.91. The Hall–Kier alpha value is -2.86. The number of carbonyl (C=O) groups excluding carboxylic acids is 1. The van der Waals surface area contributed by atoms with E-state index in [1.54, 1.807) is 23.1 Å². The van der Waals surface area contributed by atoms with E-state index < -0.39 is 0 Å². The average Bonchev–Trinajstić information content (AvgIpc) is 3.14. The molecular formula is C22H24ClN3O3. The molecule has 0 saturated carbocycles. The van der Waals surface area contributed by atoms with Crippen molar-refractivity contribution in [2.75, 3.05) is 6.61 Å². The maximum atomic E-state index is 12.7. The normalized spacial score (nSPS) is 11.0. The van der Waals surface area contributed by atoms with Crippen LogP contribution in [0.2, 0.25) is 5.02 Å². The van der Waals surface area contributed by atoms with E-state index in [9.17, 15) is 4.79 Å². The molecule has 0 radical (unpaired) electrons. The van der Waals surface area contributed by atoms with Crippen molar-refractivity contribution in [1.82, 2.24) is 15.0 Å². The van der Waals surface area contributed by atoms with Crippen LogP contribution in [0.15, 0.2) is 47.0 Å². The van der Waals surface area contributed by atoms with Crippen LogP contribution in [-0.4, -0.2) is 33.6 Å². The van der Waals surface area contributed by atoms with E-state index in [2.05, 4.69) is 10.1 Å².